The monoisotopic (exact) mass is 341 g/mol. The molecule has 0 bridgehead atoms. The molecule has 0 aliphatic heterocycles. The lowest BCUT2D eigenvalue weighted by Crippen LogP contribution is -2.38. The van der Waals surface area contributed by atoms with Gasteiger partial charge in [0.15, 0.2) is 6.10 Å². The van der Waals surface area contributed by atoms with Gasteiger partial charge in [-0.1, -0.05) is 31.2 Å². The normalized spacial score (nSPS) is 13.0. The first-order valence-corrected chi connectivity index (χ1v) is 8.63. The number of nitrogens with one attached hydrogen (secondary N) is 1. The Morgan fingerprint density at radius 1 is 1.12 bits per heavy atom. The minimum atomic E-state index is -0.562. The number of benzene rings is 2. The molecule has 1 amide bonds. The lowest BCUT2D eigenvalue weighted by atomic mass is 10.0. The van der Waals surface area contributed by atoms with Crippen molar-refractivity contribution in [3.63, 3.8) is 0 Å². The molecule has 134 valence electrons. The van der Waals surface area contributed by atoms with Crippen LogP contribution in [0.2, 0.25) is 0 Å². The van der Waals surface area contributed by atoms with E-state index in [-0.39, 0.29) is 11.9 Å². The van der Waals surface area contributed by atoms with E-state index in [4.69, 9.17) is 9.47 Å². The molecule has 0 aliphatic rings. The molecule has 1 N–H and O–H groups in total. The van der Waals surface area contributed by atoms with Crippen LogP contribution in [-0.2, 0) is 4.79 Å². The SMILES string of the molecule is CC[C@H](NC(=O)[C@@H](C)Oc1cccc(C)c1C)c1ccc(OC)cc1. The molecule has 2 rings (SSSR count). The molecule has 4 nitrogen and oxygen atoms in total. The molecule has 0 spiro atoms. The van der Waals surface area contributed by atoms with Gasteiger partial charge < -0.3 is 14.8 Å². The highest BCUT2D eigenvalue weighted by molar-refractivity contribution is 5.81. The fourth-order valence-corrected chi connectivity index (χ4v) is 2.64. The Morgan fingerprint density at radius 3 is 2.40 bits per heavy atom. The Hall–Kier alpha value is -2.49. The highest BCUT2D eigenvalue weighted by Crippen LogP contribution is 2.23. The summed E-state index contributed by atoms with van der Waals surface area (Å²) >= 11 is 0. The van der Waals surface area contributed by atoms with E-state index in [0.717, 1.165) is 34.6 Å². The highest BCUT2D eigenvalue weighted by atomic mass is 16.5. The first kappa shape index (κ1) is 18.8. The molecule has 4 heteroatoms. The molecule has 25 heavy (non-hydrogen) atoms. The largest absolute Gasteiger partial charge is 0.497 e. The Balaban J connectivity index is 2.03. The average Bonchev–Trinajstić information content (AvgIpc) is 2.63. The summed E-state index contributed by atoms with van der Waals surface area (Å²) in [6, 6.07) is 13.6. The van der Waals surface area contributed by atoms with E-state index < -0.39 is 6.10 Å². The number of carbonyl (C=O) groups is 1. The van der Waals surface area contributed by atoms with Crippen molar-refractivity contribution in [1.29, 1.82) is 0 Å². The van der Waals surface area contributed by atoms with E-state index in [2.05, 4.69) is 5.32 Å². The van der Waals surface area contributed by atoms with Gasteiger partial charge in [0.2, 0.25) is 0 Å². The van der Waals surface area contributed by atoms with E-state index >= 15 is 0 Å². The van der Waals surface area contributed by atoms with Crippen LogP contribution in [0.5, 0.6) is 11.5 Å². The Kier molecular flexibility index (Phi) is 6.45. The van der Waals surface area contributed by atoms with Gasteiger partial charge in [-0.3, -0.25) is 4.79 Å². The third kappa shape index (κ3) is 4.75. The van der Waals surface area contributed by atoms with Gasteiger partial charge in [-0.15, -0.1) is 0 Å². The standard InChI is InChI=1S/C21H27NO3/c1-6-19(17-10-12-18(24-5)13-11-17)22-21(23)16(4)25-20-9-7-8-14(2)15(20)3/h7-13,16,19H,6H2,1-5H3,(H,22,23)/t16-,19+/m1/s1. The van der Waals surface area contributed by atoms with E-state index in [9.17, 15) is 4.79 Å². The Bertz CT molecular complexity index is 710. The topological polar surface area (TPSA) is 47.6 Å². The molecule has 2 aromatic rings. The van der Waals surface area contributed by atoms with Gasteiger partial charge in [0, 0.05) is 0 Å². The second-order valence-corrected chi connectivity index (χ2v) is 6.20. The van der Waals surface area contributed by atoms with Crippen LogP contribution in [0.1, 0.15) is 43.0 Å². The molecule has 0 unspecified atom stereocenters. The fraction of sp³-hybridized carbons (Fsp3) is 0.381. The second-order valence-electron chi connectivity index (χ2n) is 6.20. The van der Waals surface area contributed by atoms with Gasteiger partial charge in [0.1, 0.15) is 11.5 Å². The summed E-state index contributed by atoms with van der Waals surface area (Å²) in [4.78, 5) is 12.5. The van der Waals surface area contributed by atoms with Crippen molar-refractivity contribution in [2.24, 2.45) is 0 Å². The second kappa shape index (κ2) is 8.56. The van der Waals surface area contributed by atoms with Gasteiger partial charge in [0.25, 0.3) is 5.91 Å². The van der Waals surface area contributed by atoms with Crippen molar-refractivity contribution in [2.75, 3.05) is 7.11 Å². The maximum Gasteiger partial charge on any atom is 0.261 e. The predicted molar refractivity (Wildman–Crippen MR) is 100 cm³/mol. The lowest BCUT2D eigenvalue weighted by molar-refractivity contribution is -0.128. The Morgan fingerprint density at radius 2 is 1.80 bits per heavy atom. The van der Waals surface area contributed by atoms with Crippen LogP contribution in [0.3, 0.4) is 0 Å². The molecular formula is C21H27NO3. The molecule has 0 radical (unpaired) electrons. The summed E-state index contributed by atoms with van der Waals surface area (Å²) < 4.78 is 11.1. The van der Waals surface area contributed by atoms with Crippen molar-refractivity contribution in [3.05, 3.63) is 59.2 Å². The maximum atomic E-state index is 12.5. The summed E-state index contributed by atoms with van der Waals surface area (Å²) in [6.45, 7) is 7.86. The highest BCUT2D eigenvalue weighted by Gasteiger charge is 2.20. The fourth-order valence-electron chi connectivity index (χ4n) is 2.64. The quantitative estimate of drug-likeness (QED) is 0.814. The van der Waals surface area contributed by atoms with E-state index in [1.165, 1.54) is 0 Å². The number of hydrogen-bond donors (Lipinski definition) is 1. The predicted octanol–water partition coefficient (Wildman–Crippen LogP) is 4.35. The van der Waals surface area contributed by atoms with Crippen molar-refractivity contribution in [1.82, 2.24) is 5.32 Å². The third-order valence-corrected chi connectivity index (χ3v) is 4.47. The summed E-state index contributed by atoms with van der Waals surface area (Å²) in [7, 11) is 1.64. The minimum absolute atomic E-state index is 0.0527. The summed E-state index contributed by atoms with van der Waals surface area (Å²) in [5.74, 6) is 1.43. The van der Waals surface area contributed by atoms with Crippen molar-refractivity contribution in [2.45, 2.75) is 46.3 Å². The molecule has 2 atom stereocenters. The van der Waals surface area contributed by atoms with Gasteiger partial charge in [-0.2, -0.15) is 0 Å². The van der Waals surface area contributed by atoms with Crippen LogP contribution < -0.4 is 14.8 Å². The zero-order chi connectivity index (χ0) is 18.4. The molecule has 2 aromatic carbocycles. The van der Waals surface area contributed by atoms with Gasteiger partial charge >= 0.3 is 0 Å². The average molecular weight is 341 g/mol. The zero-order valence-corrected chi connectivity index (χ0v) is 15.6. The molecular weight excluding hydrogens is 314 g/mol. The number of methoxy groups -OCH3 is 1. The van der Waals surface area contributed by atoms with Crippen LogP contribution >= 0.6 is 0 Å². The number of hydrogen-bond acceptors (Lipinski definition) is 3. The number of amides is 1. The van der Waals surface area contributed by atoms with Crippen LogP contribution in [-0.4, -0.2) is 19.1 Å². The third-order valence-electron chi connectivity index (χ3n) is 4.47. The molecule has 0 heterocycles. The molecule has 0 fully saturated rings. The van der Waals surface area contributed by atoms with E-state index in [1.807, 2.05) is 63.2 Å². The number of carbonyl (C=O) groups excluding carboxylic acids is 1. The number of rotatable bonds is 7. The van der Waals surface area contributed by atoms with Gasteiger partial charge in [-0.25, -0.2) is 0 Å². The zero-order valence-electron chi connectivity index (χ0n) is 15.6. The first-order chi connectivity index (χ1) is 12.0. The van der Waals surface area contributed by atoms with Crippen molar-refractivity contribution >= 4 is 5.91 Å². The van der Waals surface area contributed by atoms with Crippen LogP contribution in [0, 0.1) is 13.8 Å². The number of ether oxygens (including phenoxy) is 2. The van der Waals surface area contributed by atoms with Gasteiger partial charge in [-0.05, 0) is 62.1 Å². The molecule has 0 saturated heterocycles. The maximum absolute atomic E-state index is 12.5. The molecule has 0 aromatic heterocycles. The molecule has 0 aliphatic carbocycles. The number of aryl methyl sites for hydroxylation is 1. The van der Waals surface area contributed by atoms with E-state index in [0.29, 0.717) is 0 Å². The summed E-state index contributed by atoms with van der Waals surface area (Å²) in [6.07, 6.45) is 0.238. The minimum Gasteiger partial charge on any atom is -0.497 e. The van der Waals surface area contributed by atoms with Crippen molar-refractivity contribution in [3.8, 4) is 11.5 Å². The lowest BCUT2D eigenvalue weighted by Gasteiger charge is -2.22. The summed E-state index contributed by atoms with van der Waals surface area (Å²) in [5.41, 5.74) is 3.26. The summed E-state index contributed by atoms with van der Waals surface area (Å²) in [5, 5.41) is 3.07. The van der Waals surface area contributed by atoms with Crippen LogP contribution in [0.25, 0.3) is 0 Å². The molecule has 0 saturated carbocycles. The Labute approximate surface area is 150 Å². The van der Waals surface area contributed by atoms with E-state index in [1.54, 1.807) is 14.0 Å². The first-order valence-electron chi connectivity index (χ1n) is 8.63. The van der Waals surface area contributed by atoms with Gasteiger partial charge in [0.05, 0.1) is 13.2 Å². The van der Waals surface area contributed by atoms with Crippen LogP contribution in [0.4, 0.5) is 0 Å². The van der Waals surface area contributed by atoms with Crippen molar-refractivity contribution < 1.29 is 14.3 Å². The smallest absolute Gasteiger partial charge is 0.261 e. The van der Waals surface area contributed by atoms with Crippen LogP contribution in [0.15, 0.2) is 42.5 Å².